The van der Waals surface area contributed by atoms with Crippen molar-refractivity contribution >= 4 is 29.3 Å². The molecule has 0 fully saturated rings. The molecule has 1 heterocycles. The lowest BCUT2D eigenvalue weighted by Crippen LogP contribution is -2.17. The number of rotatable bonds is 6. The Hall–Kier alpha value is -3.80. The van der Waals surface area contributed by atoms with Gasteiger partial charge >= 0.3 is 0 Å². The molecule has 0 saturated carbocycles. The van der Waals surface area contributed by atoms with Crippen LogP contribution in [0.2, 0.25) is 0 Å². The summed E-state index contributed by atoms with van der Waals surface area (Å²) in [6.45, 7) is 0. The van der Waals surface area contributed by atoms with E-state index in [1.807, 2.05) is 0 Å². The predicted octanol–water partition coefficient (Wildman–Crippen LogP) is 4.19. The molecule has 27 heavy (non-hydrogen) atoms. The number of nitrogens with one attached hydrogen (secondary N) is 2. The van der Waals surface area contributed by atoms with Crippen molar-refractivity contribution in [3.05, 3.63) is 84.3 Å². The van der Waals surface area contributed by atoms with Crippen LogP contribution in [0.25, 0.3) is 6.08 Å². The molecule has 2 aromatic carbocycles. The van der Waals surface area contributed by atoms with E-state index in [2.05, 4.69) is 10.6 Å². The van der Waals surface area contributed by atoms with Crippen LogP contribution in [0, 0.1) is 0 Å². The number of ether oxygens (including phenoxy) is 1. The molecule has 3 aromatic rings. The van der Waals surface area contributed by atoms with Crippen molar-refractivity contribution < 1.29 is 18.7 Å². The summed E-state index contributed by atoms with van der Waals surface area (Å²) < 4.78 is 10.2. The summed E-state index contributed by atoms with van der Waals surface area (Å²) in [5.41, 5.74) is 1.39. The highest BCUT2D eigenvalue weighted by atomic mass is 16.5. The lowest BCUT2D eigenvalue weighted by atomic mass is 10.1. The zero-order valence-corrected chi connectivity index (χ0v) is 14.6. The molecule has 0 bridgehead atoms. The maximum atomic E-state index is 12.6. The quantitative estimate of drug-likeness (QED) is 0.644. The van der Waals surface area contributed by atoms with Gasteiger partial charge in [0.1, 0.15) is 11.5 Å². The minimum atomic E-state index is -0.365. The van der Waals surface area contributed by atoms with E-state index in [0.29, 0.717) is 28.4 Å². The molecule has 2 N–H and O–H groups in total. The van der Waals surface area contributed by atoms with Crippen LogP contribution < -0.4 is 15.4 Å². The van der Waals surface area contributed by atoms with Gasteiger partial charge in [-0.25, -0.2) is 0 Å². The highest BCUT2D eigenvalue weighted by Gasteiger charge is 2.12. The molecule has 136 valence electrons. The van der Waals surface area contributed by atoms with Gasteiger partial charge in [-0.15, -0.1) is 0 Å². The van der Waals surface area contributed by atoms with Gasteiger partial charge in [-0.05, 0) is 54.6 Å². The van der Waals surface area contributed by atoms with E-state index in [-0.39, 0.29) is 11.8 Å². The maximum Gasteiger partial charge on any atom is 0.257 e. The van der Waals surface area contributed by atoms with Crippen molar-refractivity contribution in [2.24, 2.45) is 0 Å². The first-order valence-electron chi connectivity index (χ1n) is 8.23. The minimum Gasteiger partial charge on any atom is -0.497 e. The molecule has 2 amide bonds. The topological polar surface area (TPSA) is 80.6 Å². The Kier molecular flexibility index (Phi) is 5.69. The van der Waals surface area contributed by atoms with E-state index in [0.717, 1.165) is 0 Å². The Morgan fingerprint density at radius 3 is 2.44 bits per heavy atom. The van der Waals surface area contributed by atoms with Crippen molar-refractivity contribution in [2.45, 2.75) is 0 Å². The molecule has 0 aliphatic carbocycles. The normalized spacial score (nSPS) is 10.6. The van der Waals surface area contributed by atoms with Crippen LogP contribution in [0.1, 0.15) is 16.1 Å². The van der Waals surface area contributed by atoms with Crippen LogP contribution in [-0.4, -0.2) is 18.9 Å². The molecule has 6 heteroatoms. The van der Waals surface area contributed by atoms with E-state index in [9.17, 15) is 9.59 Å². The maximum absolute atomic E-state index is 12.6. The molecule has 0 unspecified atom stereocenters. The lowest BCUT2D eigenvalue weighted by Gasteiger charge is -2.11. The molecule has 0 radical (unpaired) electrons. The number of hydrogen-bond donors (Lipinski definition) is 2. The SMILES string of the molecule is COc1ccc(NC(=O)c2ccccc2NC(=O)C=Cc2ccco2)cc1. The molecular weight excluding hydrogens is 344 g/mol. The third-order valence-electron chi connectivity index (χ3n) is 3.72. The second-order valence-corrected chi connectivity index (χ2v) is 5.57. The second kappa shape index (κ2) is 8.53. The van der Waals surface area contributed by atoms with Gasteiger partial charge in [-0.1, -0.05) is 12.1 Å². The van der Waals surface area contributed by atoms with E-state index in [4.69, 9.17) is 9.15 Å². The number of anilines is 2. The van der Waals surface area contributed by atoms with Crippen molar-refractivity contribution in [1.82, 2.24) is 0 Å². The number of carbonyl (C=O) groups excluding carboxylic acids is 2. The molecule has 0 aliphatic rings. The van der Waals surface area contributed by atoms with Gasteiger partial charge < -0.3 is 19.8 Å². The van der Waals surface area contributed by atoms with Crippen LogP contribution in [0.3, 0.4) is 0 Å². The summed E-state index contributed by atoms with van der Waals surface area (Å²) >= 11 is 0. The number of carbonyl (C=O) groups is 2. The highest BCUT2D eigenvalue weighted by Crippen LogP contribution is 2.19. The van der Waals surface area contributed by atoms with Crippen LogP contribution >= 0.6 is 0 Å². The second-order valence-electron chi connectivity index (χ2n) is 5.57. The number of benzene rings is 2. The van der Waals surface area contributed by atoms with Gasteiger partial charge in [-0.2, -0.15) is 0 Å². The van der Waals surface area contributed by atoms with Gasteiger partial charge in [0.15, 0.2) is 0 Å². The van der Waals surface area contributed by atoms with E-state index in [1.165, 1.54) is 12.3 Å². The van der Waals surface area contributed by atoms with Crippen molar-refractivity contribution in [3.8, 4) is 5.75 Å². The van der Waals surface area contributed by atoms with Gasteiger partial charge in [0.05, 0.1) is 24.6 Å². The van der Waals surface area contributed by atoms with Crippen LogP contribution in [0.5, 0.6) is 5.75 Å². The van der Waals surface area contributed by atoms with E-state index >= 15 is 0 Å². The molecule has 3 rings (SSSR count). The first kappa shape index (κ1) is 18.0. The number of methoxy groups -OCH3 is 1. The smallest absolute Gasteiger partial charge is 0.257 e. The Bertz CT molecular complexity index is 945. The first-order valence-corrected chi connectivity index (χ1v) is 8.23. The average Bonchev–Trinajstić information content (AvgIpc) is 3.21. The van der Waals surface area contributed by atoms with Crippen molar-refractivity contribution in [1.29, 1.82) is 0 Å². The summed E-state index contributed by atoms with van der Waals surface area (Å²) in [6, 6.07) is 17.2. The van der Waals surface area contributed by atoms with Crippen molar-refractivity contribution in [2.75, 3.05) is 17.7 Å². The summed E-state index contributed by atoms with van der Waals surface area (Å²) in [7, 11) is 1.58. The monoisotopic (exact) mass is 362 g/mol. The molecule has 0 atom stereocenters. The largest absolute Gasteiger partial charge is 0.497 e. The van der Waals surface area contributed by atoms with Crippen molar-refractivity contribution in [3.63, 3.8) is 0 Å². The fourth-order valence-corrected chi connectivity index (χ4v) is 2.38. The Balaban J connectivity index is 1.70. The van der Waals surface area contributed by atoms with Gasteiger partial charge in [-0.3, -0.25) is 9.59 Å². The zero-order valence-electron chi connectivity index (χ0n) is 14.6. The number of furan rings is 1. The molecule has 1 aromatic heterocycles. The standard InChI is InChI=1S/C21H18N2O4/c1-26-16-10-8-15(9-11-16)22-21(25)18-6-2-3-7-19(18)23-20(24)13-12-17-5-4-14-27-17/h2-14H,1H3,(H,22,25)(H,23,24). The van der Waals surface area contributed by atoms with E-state index in [1.54, 1.807) is 73.8 Å². The summed E-state index contributed by atoms with van der Waals surface area (Å²) in [6.07, 6.45) is 4.42. The van der Waals surface area contributed by atoms with Crippen LogP contribution in [-0.2, 0) is 4.79 Å². The molecule has 0 aliphatic heterocycles. The predicted molar refractivity (Wildman–Crippen MR) is 104 cm³/mol. The van der Waals surface area contributed by atoms with Crippen LogP contribution in [0.15, 0.2) is 77.4 Å². The molecule has 0 spiro atoms. The Morgan fingerprint density at radius 1 is 0.963 bits per heavy atom. The molecule has 0 saturated heterocycles. The fraction of sp³-hybridized carbons (Fsp3) is 0.0476. The Morgan fingerprint density at radius 2 is 1.74 bits per heavy atom. The highest BCUT2D eigenvalue weighted by molar-refractivity contribution is 6.11. The minimum absolute atomic E-state index is 0.328. The third-order valence-corrected chi connectivity index (χ3v) is 3.72. The first-order chi connectivity index (χ1) is 13.2. The number of amides is 2. The molecule has 6 nitrogen and oxygen atoms in total. The Labute approximate surface area is 156 Å². The summed E-state index contributed by atoms with van der Waals surface area (Å²) in [5, 5.41) is 5.51. The third kappa shape index (κ3) is 4.85. The lowest BCUT2D eigenvalue weighted by molar-refractivity contribution is -0.111. The number of hydrogen-bond acceptors (Lipinski definition) is 4. The average molecular weight is 362 g/mol. The van der Waals surface area contributed by atoms with Gasteiger partial charge in [0.2, 0.25) is 5.91 Å². The number of para-hydroxylation sites is 1. The fourth-order valence-electron chi connectivity index (χ4n) is 2.38. The summed E-state index contributed by atoms with van der Waals surface area (Å²) in [5.74, 6) is 0.571. The van der Waals surface area contributed by atoms with Crippen LogP contribution in [0.4, 0.5) is 11.4 Å². The van der Waals surface area contributed by atoms with Gasteiger partial charge in [0.25, 0.3) is 5.91 Å². The summed E-state index contributed by atoms with van der Waals surface area (Å²) in [4.78, 5) is 24.7. The molecular formula is C21H18N2O4. The van der Waals surface area contributed by atoms with Gasteiger partial charge in [0, 0.05) is 11.8 Å². The van der Waals surface area contributed by atoms with E-state index < -0.39 is 0 Å². The zero-order chi connectivity index (χ0) is 19.1.